The predicted octanol–water partition coefficient (Wildman–Crippen LogP) is 3.16. The Morgan fingerprint density at radius 1 is 1.37 bits per heavy atom. The number of carbonyl (C=O) groups is 1. The third-order valence-electron chi connectivity index (χ3n) is 4.56. The van der Waals surface area contributed by atoms with Gasteiger partial charge in [0.05, 0.1) is 16.9 Å². The molecule has 142 valence electrons. The van der Waals surface area contributed by atoms with Crippen LogP contribution in [0.4, 0.5) is 4.39 Å². The molecular formula is C19H20ClFN4O2. The second-order valence-electron chi connectivity index (χ2n) is 6.37. The molecule has 0 aliphatic carbocycles. The number of hydrogen-bond donors (Lipinski definition) is 2. The zero-order valence-corrected chi connectivity index (χ0v) is 15.8. The van der Waals surface area contributed by atoms with Gasteiger partial charge in [0.2, 0.25) is 0 Å². The van der Waals surface area contributed by atoms with Crippen LogP contribution >= 0.6 is 11.6 Å². The molecule has 0 saturated heterocycles. The maximum atomic E-state index is 13.2. The van der Waals surface area contributed by atoms with Crippen molar-refractivity contribution < 1.29 is 13.6 Å². The van der Waals surface area contributed by atoms with Crippen LogP contribution in [0, 0.1) is 12.7 Å². The van der Waals surface area contributed by atoms with Gasteiger partial charge in [-0.15, -0.1) is 0 Å². The summed E-state index contributed by atoms with van der Waals surface area (Å²) in [6, 6.07) is 6.14. The molecule has 0 aliphatic rings. The van der Waals surface area contributed by atoms with Crippen molar-refractivity contribution in [2.75, 3.05) is 6.54 Å². The fourth-order valence-corrected chi connectivity index (χ4v) is 3.59. The molecule has 2 aromatic heterocycles. The van der Waals surface area contributed by atoms with Crippen molar-refractivity contribution in [3.8, 4) is 11.3 Å². The topological polar surface area (TPSA) is 100 Å². The van der Waals surface area contributed by atoms with Crippen LogP contribution in [0.1, 0.15) is 33.4 Å². The van der Waals surface area contributed by atoms with Gasteiger partial charge in [0, 0.05) is 24.1 Å². The van der Waals surface area contributed by atoms with Crippen molar-refractivity contribution in [3.05, 3.63) is 63.9 Å². The molecule has 3 aromatic rings. The zero-order valence-electron chi connectivity index (χ0n) is 15.0. The van der Waals surface area contributed by atoms with Crippen molar-refractivity contribution in [2.45, 2.75) is 19.3 Å². The highest BCUT2D eigenvalue weighted by atomic mass is 35.5. The highest BCUT2D eigenvalue weighted by molar-refractivity contribution is 6.33. The first-order valence-corrected chi connectivity index (χ1v) is 8.76. The number of halogens is 2. The van der Waals surface area contributed by atoms with Gasteiger partial charge in [0.15, 0.2) is 5.76 Å². The lowest BCUT2D eigenvalue weighted by atomic mass is 9.87. The molecule has 0 spiro atoms. The quantitative estimate of drug-likeness (QED) is 0.675. The largest absolute Gasteiger partial charge is 0.455 e. The second kappa shape index (κ2) is 7.54. The number of carbonyl (C=O) groups excluding carboxylic acids is 1. The van der Waals surface area contributed by atoms with E-state index >= 15 is 0 Å². The van der Waals surface area contributed by atoms with Gasteiger partial charge in [-0.3, -0.25) is 9.48 Å². The Balaban J connectivity index is 2.16. The average molecular weight is 391 g/mol. The van der Waals surface area contributed by atoms with E-state index in [1.165, 1.54) is 18.3 Å². The van der Waals surface area contributed by atoms with E-state index in [2.05, 4.69) is 5.10 Å². The molecule has 6 nitrogen and oxygen atoms in total. The van der Waals surface area contributed by atoms with Crippen molar-refractivity contribution >= 4 is 17.5 Å². The number of rotatable bonds is 6. The molecule has 0 unspecified atom stereocenters. The fourth-order valence-electron chi connectivity index (χ4n) is 3.33. The molecule has 0 radical (unpaired) electrons. The minimum atomic E-state index is -0.685. The van der Waals surface area contributed by atoms with E-state index in [4.69, 9.17) is 27.5 Å². The summed E-state index contributed by atoms with van der Waals surface area (Å²) in [5.74, 6) is -0.729. The fraction of sp³-hybridized carbons (Fsp3) is 0.263. The molecule has 0 saturated carbocycles. The van der Waals surface area contributed by atoms with Crippen molar-refractivity contribution in [2.24, 2.45) is 18.5 Å². The van der Waals surface area contributed by atoms with Crippen LogP contribution in [0.15, 0.2) is 34.9 Å². The molecule has 27 heavy (non-hydrogen) atoms. The Labute approximate surface area is 160 Å². The molecule has 4 N–H and O–H groups in total. The van der Waals surface area contributed by atoms with Crippen molar-refractivity contribution in [3.63, 3.8) is 0 Å². The van der Waals surface area contributed by atoms with Crippen molar-refractivity contribution in [1.29, 1.82) is 0 Å². The van der Waals surface area contributed by atoms with E-state index in [0.717, 1.165) is 5.56 Å². The SMILES string of the molecule is Cc1oc(C(N)=O)c([C@@H](CN)Cc2ccc(F)cc2)c1-c1c(Cl)cnn1C. The maximum Gasteiger partial charge on any atom is 0.284 e. The summed E-state index contributed by atoms with van der Waals surface area (Å²) in [6.45, 7) is 1.97. The molecule has 0 fully saturated rings. The Morgan fingerprint density at radius 2 is 2.04 bits per heavy atom. The van der Waals surface area contributed by atoms with Crippen LogP contribution in [0.3, 0.4) is 0 Å². The van der Waals surface area contributed by atoms with Crippen LogP contribution in [-0.4, -0.2) is 22.2 Å². The molecule has 0 bridgehead atoms. The molecule has 1 amide bonds. The van der Waals surface area contributed by atoms with E-state index in [1.54, 1.807) is 30.8 Å². The maximum absolute atomic E-state index is 13.2. The van der Waals surface area contributed by atoms with Crippen LogP contribution in [0.5, 0.6) is 0 Å². The lowest BCUT2D eigenvalue weighted by Crippen LogP contribution is -2.20. The summed E-state index contributed by atoms with van der Waals surface area (Å²) >= 11 is 6.32. The number of furan rings is 1. The Morgan fingerprint density at radius 3 is 2.56 bits per heavy atom. The number of primary amides is 1. The standard InChI is InChI=1S/C19H20ClFN4O2/c1-10-15(17-14(20)9-24-25(17)2)16(18(27-10)19(23)26)12(8-22)7-11-3-5-13(21)6-4-11/h3-6,9,12H,7-8,22H2,1-2H3,(H2,23,26)/t12-/m1/s1. The number of benzene rings is 1. The van der Waals surface area contributed by atoms with Gasteiger partial charge in [-0.1, -0.05) is 23.7 Å². The monoisotopic (exact) mass is 390 g/mol. The molecular weight excluding hydrogens is 371 g/mol. The Hall–Kier alpha value is -2.64. The number of hydrogen-bond acceptors (Lipinski definition) is 4. The summed E-state index contributed by atoms with van der Waals surface area (Å²) in [4.78, 5) is 12.0. The number of aromatic nitrogens is 2. The lowest BCUT2D eigenvalue weighted by Gasteiger charge is -2.17. The van der Waals surface area contributed by atoms with Crippen LogP contribution in [-0.2, 0) is 13.5 Å². The summed E-state index contributed by atoms with van der Waals surface area (Å²) in [5, 5.41) is 4.59. The predicted molar refractivity (Wildman–Crippen MR) is 101 cm³/mol. The zero-order chi connectivity index (χ0) is 19.7. The lowest BCUT2D eigenvalue weighted by molar-refractivity contribution is 0.0970. The average Bonchev–Trinajstić information content (AvgIpc) is 3.13. The van der Waals surface area contributed by atoms with Gasteiger partial charge >= 0.3 is 0 Å². The molecule has 0 aliphatic heterocycles. The van der Waals surface area contributed by atoms with Gasteiger partial charge in [-0.25, -0.2) is 4.39 Å². The minimum Gasteiger partial charge on any atom is -0.455 e. The third kappa shape index (κ3) is 3.61. The second-order valence-corrected chi connectivity index (χ2v) is 6.78. The highest BCUT2D eigenvalue weighted by Gasteiger charge is 2.30. The van der Waals surface area contributed by atoms with E-state index in [-0.39, 0.29) is 24.0 Å². The Bertz CT molecular complexity index is 959. The first-order chi connectivity index (χ1) is 12.8. The number of aryl methyl sites for hydroxylation is 2. The minimum absolute atomic E-state index is 0.0531. The molecule has 1 aromatic carbocycles. The summed E-state index contributed by atoms with van der Waals surface area (Å²) in [5.41, 5.74) is 14.3. The van der Waals surface area contributed by atoms with E-state index < -0.39 is 5.91 Å². The first-order valence-electron chi connectivity index (χ1n) is 8.39. The molecule has 2 heterocycles. The molecule has 3 rings (SSSR count). The van der Waals surface area contributed by atoms with E-state index in [1.807, 2.05) is 0 Å². The van der Waals surface area contributed by atoms with E-state index in [0.29, 0.717) is 34.0 Å². The van der Waals surface area contributed by atoms with Gasteiger partial charge in [0.25, 0.3) is 5.91 Å². The van der Waals surface area contributed by atoms with Gasteiger partial charge in [-0.05, 0) is 37.6 Å². The number of amides is 1. The molecule has 8 heteroatoms. The highest BCUT2D eigenvalue weighted by Crippen LogP contribution is 2.40. The number of nitrogens with zero attached hydrogens (tertiary/aromatic N) is 2. The van der Waals surface area contributed by atoms with Crippen LogP contribution < -0.4 is 11.5 Å². The normalized spacial score (nSPS) is 12.3. The van der Waals surface area contributed by atoms with Gasteiger partial charge < -0.3 is 15.9 Å². The summed E-state index contributed by atoms with van der Waals surface area (Å²) in [6.07, 6.45) is 2.01. The molecule has 1 atom stereocenters. The van der Waals surface area contributed by atoms with Crippen molar-refractivity contribution in [1.82, 2.24) is 9.78 Å². The third-order valence-corrected chi connectivity index (χ3v) is 4.84. The number of nitrogens with two attached hydrogens (primary N) is 2. The van der Waals surface area contributed by atoms with Crippen LogP contribution in [0.25, 0.3) is 11.3 Å². The van der Waals surface area contributed by atoms with Crippen LogP contribution in [0.2, 0.25) is 5.02 Å². The Kier molecular flexibility index (Phi) is 5.34. The first kappa shape index (κ1) is 19.1. The van der Waals surface area contributed by atoms with Gasteiger partial charge in [-0.2, -0.15) is 5.10 Å². The smallest absolute Gasteiger partial charge is 0.284 e. The van der Waals surface area contributed by atoms with Gasteiger partial charge in [0.1, 0.15) is 11.6 Å². The van der Waals surface area contributed by atoms with E-state index in [9.17, 15) is 9.18 Å². The summed E-state index contributed by atoms with van der Waals surface area (Å²) < 4.78 is 20.5. The summed E-state index contributed by atoms with van der Waals surface area (Å²) in [7, 11) is 1.75.